The Balaban J connectivity index is 1.70. The van der Waals surface area contributed by atoms with E-state index in [1.165, 1.54) is 4.88 Å². The van der Waals surface area contributed by atoms with Gasteiger partial charge in [-0.05, 0) is 6.92 Å². The van der Waals surface area contributed by atoms with Crippen molar-refractivity contribution in [3.8, 4) is 0 Å². The predicted octanol–water partition coefficient (Wildman–Crippen LogP) is 0.982. The number of aryl methyl sites for hydroxylation is 1. The zero-order valence-electron chi connectivity index (χ0n) is 7.75. The first-order valence-corrected chi connectivity index (χ1v) is 5.45. The van der Waals surface area contributed by atoms with Crippen molar-refractivity contribution >= 4 is 11.3 Å². The first-order valence-electron chi connectivity index (χ1n) is 4.57. The number of hydrogen-bond donors (Lipinski definition) is 1. The van der Waals surface area contributed by atoms with Gasteiger partial charge >= 0.3 is 0 Å². The third-order valence-corrected chi connectivity index (χ3v) is 3.27. The summed E-state index contributed by atoms with van der Waals surface area (Å²) in [6.07, 6.45) is 1.46. The molecule has 1 N–H and O–H groups in total. The van der Waals surface area contributed by atoms with E-state index < -0.39 is 0 Å². The van der Waals surface area contributed by atoms with E-state index in [9.17, 15) is 0 Å². The van der Waals surface area contributed by atoms with Crippen LogP contribution in [0.2, 0.25) is 0 Å². The molecule has 1 saturated heterocycles. The van der Waals surface area contributed by atoms with E-state index in [0.717, 1.165) is 31.8 Å². The average molecular weight is 198 g/mol. The van der Waals surface area contributed by atoms with E-state index in [1.807, 2.05) is 5.51 Å². The maximum Gasteiger partial charge on any atom is 0.0823 e. The second kappa shape index (κ2) is 4.17. The van der Waals surface area contributed by atoms with Crippen molar-refractivity contribution in [2.45, 2.75) is 19.4 Å². The van der Waals surface area contributed by atoms with E-state index in [0.29, 0.717) is 6.10 Å². The minimum absolute atomic E-state index is 0.452. The lowest BCUT2D eigenvalue weighted by atomic mass is 10.2. The second-order valence-electron chi connectivity index (χ2n) is 3.26. The number of ether oxygens (including phenoxy) is 1. The van der Waals surface area contributed by atoms with Gasteiger partial charge in [0, 0.05) is 24.4 Å². The Morgan fingerprint density at radius 3 is 3.08 bits per heavy atom. The van der Waals surface area contributed by atoms with Crippen LogP contribution in [-0.4, -0.2) is 30.8 Å². The Morgan fingerprint density at radius 2 is 2.54 bits per heavy atom. The van der Waals surface area contributed by atoms with E-state index in [4.69, 9.17) is 4.74 Å². The normalized spacial score (nSPS) is 17.3. The molecule has 1 aromatic heterocycles. The van der Waals surface area contributed by atoms with Crippen LogP contribution in [0.1, 0.15) is 10.6 Å². The molecule has 0 saturated carbocycles. The quantitative estimate of drug-likeness (QED) is 0.783. The second-order valence-corrected chi connectivity index (χ2v) is 4.20. The average Bonchev–Trinajstić information content (AvgIpc) is 2.42. The molecule has 72 valence electrons. The number of nitrogens with zero attached hydrogens (tertiary/aromatic N) is 1. The van der Waals surface area contributed by atoms with Gasteiger partial charge in [0.25, 0.3) is 0 Å². The van der Waals surface area contributed by atoms with Crippen molar-refractivity contribution in [2.75, 3.05) is 19.7 Å². The van der Waals surface area contributed by atoms with Crippen LogP contribution in [0.4, 0.5) is 0 Å². The molecular weight excluding hydrogens is 184 g/mol. The number of hydrogen-bond acceptors (Lipinski definition) is 4. The van der Waals surface area contributed by atoms with Gasteiger partial charge in [0.15, 0.2) is 0 Å². The zero-order chi connectivity index (χ0) is 9.10. The van der Waals surface area contributed by atoms with E-state index in [-0.39, 0.29) is 0 Å². The Labute approximate surface area is 82.1 Å². The van der Waals surface area contributed by atoms with Gasteiger partial charge in [-0.3, -0.25) is 0 Å². The maximum absolute atomic E-state index is 5.62. The summed E-state index contributed by atoms with van der Waals surface area (Å²) in [5, 5.41) is 3.18. The highest BCUT2D eigenvalue weighted by Gasteiger charge is 2.16. The fourth-order valence-electron chi connectivity index (χ4n) is 1.26. The standard InChI is InChI=1S/C9H14N2OS/c1-7-9(13-6-11-7)2-3-12-8-4-10-5-8/h6,8,10H,2-5H2,1H3. The van der Waals surface area contributed by atoms with E-state index in [2.05, 4.69) is 17.2 Å². The van der Waals surface area contributed by atoms with Gasteiger partial charge in [-0.1, -0.05) is 0 Å². The van der Waals surface area contributed by atoms with Crippen LogP contribution in [0.15, 0.2) is 5.51 Å². The number of thiazole rings is 1. The fourth-order valence-corrected chi connectivity index (χ4v) is 2.03. The summed E-state index contributed by atoms with van der Waals surface area (Å²) in [5.74, 6) is 0. The Kier molecular flexibility index (Phi) is 2.93. The van der Waals surface area contributed by atoms with E-state index in [1.54, 1.807) is 11.3 Å². The van der Waals surface area contributed by atoms with Crippen molar-refractivity contribution < 1.29 is 4.74 Å². The Hall–Kier alpha value is -0.450. The molecule has 1 aromatic rings. The molecule has 0 radical (unpaired) electrons. The molecule has 0 atom stereocenters. The minimum atomic E-state index is 0.452. The molecule has 0 aliphatic carbocycles. The number of nitrogens with one attached hydrogen (secondary N) is 1. The predicted molar refractivity (Wildman–Crippen MR) is 53.2 cm³/mol. The molecule has 1 aliphatic rings. The van der Waals surface area contributed by atoms with Gasteiger partial charge in [0.2, 0.25) is 0 Å². The van der Waals surface area contributed by atoms with Crippen molar-refractivity contribution in [3.63, 3.8) is 0 Å². The molecule has 0 aromatic carbocycles. The van der Waals surface area contributed by atoms with Crippen molar-refractivity contribution in [2.24, 2.45) is 0 Å². The highest BCUT2D eigenvalue weighted by atomic mass is 32.1. The van der Waals surface area contributed by atoms with Gasteiger partial charge in [-0.25, -0.2) is 4.98 Å². The van der Waals surface area contributed by atoms with Crippen LogP contribution in [0.3, 0.4) is 0 Å². The fraction of sp³-hybridized carbons (Fsp3) is 0.667. The number of aromatic nitrogens is 1. The van der Waals surface area contributed by atoms with Gasteiger partial charge in [0.1, 0.15) is 0 Å². The first kappa shape index (κ1) is 9.12. The van der Waals surface area contributed by atoms with Gasteiger partial charge < -0.3 is 10.1 Å². The molecule has 0 unspecified atom stereocenters. The summed E-state index contributed by atoms with van der Waals surface area (Å²) in [6, 6.07) is 0. The molecule has 13 heavy (non-hydrogen) atoms. The molecule has 3 nitrogen and oxygen atoms in total. The summed E-state index contributed by atoms with van der Waals surface area (Å²) in [5.41, 5.74) is 3.05. The smallest absolute Gasteiger partial charge is 0.0823 e. The lowest BCUT2D eigenvalue weighted by Crippen LogP contribution is -2.48. The molecule has 0 amide bonds. The Morgan fingerprint density at radius 1 is 1.69 bits per heavy atom. The van der Waals surface area contributed by atoms with Crippen LogP contribution in [0, 0.1) is 6.92 Å². The van der Waals surface area contributed by atoms with Crippen LogP contribution >= 0.6 is 11.3 Å². The lowest BCUT2D eigenvalue weighted by Gasteiger charge is -2.26. The van der Waals surface area contributed by atoms with Crippen LogP contribution in [0.25, 0.3) is 0 Å². The summed E-state index contributed by atoms with van der Waals surface area (Å²) < 4.78 is 5.62. The molecule has 1 aliphatic heterocycles. The lowest BCUT2D eigenvalue weighted by molar-refractivity contribution is 0.0210. The highest BCUT2D eigenvalue weighted by molar-refractivity contribution is 7.09. The van der Waals surface area contributed by atoms with Crippen molar-refractivity contribution in [1.29, 1.82) is 0 Å². The molecule has 1 fully saturated rings. The molecular formula is C9H14N2OS. The van der Waals surface area contributed by atoms with Crippen molar-refractivity contribution in [3.05, 3.63) is 16.1 Å². The molecule has 0 bridgehead atoms. The zero-order valence-corrected chi connectivity index (χ0v) is 8.56. The van der Waals surface area contributed by atoms with Gasteiger partial charge in [0.05, 0.1) is 23.9 Å². The molecule has 4 heteroatoms. The SMILES string of the molecule is Cc1ncsc1CCOC1CNC1. The van der Waals surface area contributed by atoms with Crippen LogP contribution in [-0.2, 0) is 11.2 Å². The van der Waals surface area contributed by atoms with Gasteiger partial charge in [-0.2, -0.15) is 0 Å². The van der Waals surface area contributed by atoms with Gasteiger partial charge in [-0.15, -0.1) is 11.3 Å². The third-order valence-electron chi connectivity index (χ3n) is 2.27. The largest absolute Gasteiger partial charge is 0.375 e. The minimum Gasteiger partial charge on any atom is -0.375 e. The third kappa shape index (κ3) is 2.27. The molecule has 2 heterocycles. The summed E-state index contributed by atoms with van der Waals surface area (Å²) >= 11 is 1.72. The topological polar surface area (TPSA) is 34.1 Å². The first-order chi connectivity index (χ1) is 6.36. The summed E-state index contributed by atoms with van der Waals surface area (Å²) in [7, 11) is 0. The summed E-state index contributed by atoms with van der Waals surface area (Å²) in [6.45, 7) is 4.91. The summed E-state index contributed by atoms with van der Waals surface area (Å²) in [4.78, 5) is 5.55. The Bertz CT molecular complexity index is 270. The van der Waals surface area contributed by atoms with Crippen LogP contribution in [0.5, 0.6) is 0 Å². The van der Waals surface area contributed by atoms with Crippen molar-refractivity contribution in [1.82, 2.24) is 10.3 Å². The molecule has 0 spiro atoms. The maximum atomic E-state index is 5.62. The monoisotopic (exact) mass is 198 g/mol. The number of rotatable bonds is 4. The highest BCUT2D eigenvalue weighted by Crippen LogP contribution is 2.13. The van der Waals surface area contributed by atoms with Crippen LogP contribution < -0.4 is 5.32 Å². The van der Waals surface area contributed by atoms with E-state index >= 15 is 0 Å². The molecule has 2 rings (SSSR count).